The first-order valence-corrected chi connectivity index (χ1v) is 10.6. The SMILES string of the molecule is CCCOc1ccc(C(=O)N[C@H](C)[C@@H]2CCCN(C(=O)OCC)C2)cc1OCC. The Morgan fingerprint density at radius 2 is 1.97 bits per heavy atom. The Hall–Kier alpha value is -2.44. The van der Waals surface area contributed by atoms with E-state index in [1.807, 2.05) is 20.8 Å². The van der Waals surface area contributed by atoms with Gasteiger partial charge in [0.1, 0.15) is 0 Å². The fraction of sp³-hybridized carbons (Fsp3) is 0.636. The van der Waals surface area contributed by atoms with Gasteiger partial charge in [0, 0.05) is 24.7 Å². The van der Waals surface area contributed by atoms with Crippen LogP contribution in [0.4, 0.5) is 4.79 Å². The molecule has 0 radical (unpaired) electrons. The molecule has 1 aromatic rings. The summed E-state index contributed by atoms with van der Waals surface area (Å²) in [7, 11) is 0. The van der Waals surface area contributed by atoms with Crippen LogP contribution in [0.1, 0.15) is 57.3 Å². The summed E-state index contributed by atoms with van der Waals surface area (Å²) >= 11 is 0. The first-order valence-electron chi connectivity index (χ1n) is 10.6. The molecule has 2 atom stereocenters. The number of nitrogens with one attached hydrogen (secondary N) is 1. The molecule has 0 aromatic heterocycles. The number of ether oxygens (including phenoxy) is 3. The molecule has 1 aliphatic heterocycles. The topological polar surface area (TPSA) is 77.1 Å². The van der Waals surface area contributed by atoms with Crippen molar-refractivity contribution in [1.29, 1.82) is 0 Å². The maximum Gasteiger partial charge on any atom is 0.409 e. The highest BCUT2D eigenvalue weighted by Gasteiger charge is 2.29. The standard InChI is InChI=1S/C22H34N2O5/c1-5-13-29-19-11-10-17(14-20(19)27-6-2)21(25)23-16(4)18-9-8-12-24(15-18)22(26)28-7-3/h10-11,14,16,18H,5-9,12-13,15H2,1-4H3,(H,23,25)/t16-,18-/m1/s1. The van der Waals surface area contributed by atoms with E-state index in [4.69, 9.17) is 14.2 Å². The van der Waals surface area contributed by atoms with Crippen LogP contribution in [0.15, 0.2) is 18.2 Å². The van der Waals surface area contributed by atoms with Crippen molar-refractivity contribution in [2.45, 2.75) is 53.0 Å². The first kappa shape index (κ1) is 22.8. The summed E-state index contributed by atoms with van der Waals surface area (Å²) in [5, 5.41) is 3.08. The maximum absolute atomic E-state index is 12.8. The molecule has 0 aliphatic carbocycles. The molecular weight excluding hydrogens is 372 g/mol. The molecule has 1 aliphatic rings. The van der Waals surface area contributed by atoms with Crippen LogP contribution in [0.25, 0.3) is 0 Å². The molecule has 0 unspecified atom stereocenters. The molecule has 29 heavy (non-hydrogen) atoms. The fourth-order valence-corrected chi connectivity index (χ4v) is 3.46. The van der Waals surface area contributed by atoms with Crippen molar-refractivity contribution in [1.82, 2.24) is 10.2 Å². The van der Waals surface area contributed by atoms with Gasteiger partial charge >= 0.3 is 6.09 Å². The van der Waals surface area contributed by atoms with E-state index in [9.17, 15) is 9.59 Å². The zero-order valence-corrected chi connectivity index (χ0v) is 18.0. The quantitative estimate of drug-likeness (QED) is 0.674. The van der Waals surface area contributed by atoms with Gasteiger partial charge in [0.25, 0.3) is 5.91 Å². The van der Waals surface area contributed by atoms with Gasteiger partial charge in [-0.1, -0.05) is 6.92 Å². The summed E-state index contributed by atoms with van der Waals surface area (Å²) in [4.78, 5) is 26.5. The third-order valence-corrected chi connectivity index (χ3v) is 5.02. The molecule has 7 nitrogen and oxygen atoms in total. The van der Waals surface area contributed by atoms with Crippen LogP contribution in [-0.2, 0) is 4.74 Å². The Labute approximate surface area is 173 Å². The van der Waals surface area contributed by atoms with Crippen LogP contribution in [0, 0.1) is 5.92 Å². The third-order valence-electron chi connectivity index (χ3n) is 5.02. The summed E-state index contributed by atoms with van der Waals surface area (Å²) in [6.07, 6.45) is 2.49. The second-order valence-corrected chi connectivity index (χ2v) is 7.25. The lowest BCUT2D eigenvalue weighted by Gasteiger charge is -2.35. The molecule has 1 N–H and O–H groups in total. The van der Waals surface area contributed by atoms with Crippen LogP contribution in [0.2, 0.25) is 0 Å². The number of likely N-dealkylation sites (tertiary alicyclic amines) is 1. The van der Waals surface area contributed by atoms with Crippen LogP contribution in [0.3, 0.4) is 0 Å². The van der Waals surface area contributed by atoms with Crippen LogP contribution in [-0.4, -0.2) is 55.9 Å². The first-order chi connectivity index (χ1) is 14.0. The van der Waals surface area contributed by atoms with Crippen molar-refractivity contribution in [3.63, 3.8) is 0 Å². The number of benzene rings is 1. The molecule has 2 rings (SSSR count). The molecule has 162 valence electrons. The molecule has 7 heteroatoms. The summed E-state index contributed by atoms with van der Waals surface area (Å²) in [5.41, 5.74) is 0.530. The molecule has 1 fully saturated rings. The van der Waals surface area contributed by atoms with Gasteiger partial charge < -0.3 is 24.4 Å². The van der Waals surface area contributed by atoms with E-state index < -0.39 is 0 Å². The van der Waals surface area contributed by atoms with Gasteiger partial charge in [-0.25, -0.2) is 4.79 Å². The largest absolute Gasteiger partial charge is 0.490 e. The molecular formula is C22H34N2O5. The van der Waals surface area contributed by atoms with E-state index in [1.165, 1.54) is 0 Å². The van der Waals surface area contributed by atoms with E-state index in [0.29, 0.717) is 50.0 Å². The number of hydrogen-bond acceptors (Lipinski definition) is 5. The maximum atomic E-state index is 12.8. The molecule has 0 bridgehead atoms. The molecule has 1 aromatic carbocycles. The fourth-order valence-electron chi connectivity index (χ4n) is 3.46. The minimum absolute atomic E-state index is 0.0636. The van der Waals surface area contributed by atoms with Gasteiger partial charge in [0.2, 0.25) is 0 Å². The van der Waals surface area contributed by atoms with E-state index >= 15 is 0 Å². The average molecular weight is 407 g/mol. The minimum Gasteiger partial charge on any atom is -0.490 e. The highest BCUT2D eigenvalue weighted by atomic mass is 16.6. The predicted molar refractivity (Wildman–Crippen MR) is 112 cm³/mol. The zero-order valence-electron chi connectivity index (χ0n) is 18.0. The number of nitrogens with zero attached hydrogens (tertiary/aromatic N) is 1. The lowest BCUT2D eigenvalue weighted by atomic mass is 9.91. The van der Waals surface area contributed by atoms with Crippen LogP contribution >= 0.6 is 0 Å². The van der Waals surface area contributed by atoms with Gasteiger partial charge in [-0.05, 0) is 64.2 Å². The Kier molecular flexibility index (Phi) is 9.09. The number of carbonyl (C=O) groups excluding carboxylic acids is 2. The Morgan fingerprint density at radius 1 is 1.17 bits per heavy atom. The molecule has 1 saturated heterocycles. The predicted octanol–water partition coefficient (Wildman–Crippen LogP) is 3.86. The van der Waals surface area contributed by atoms with Gasteiger partial charge in [-0.2, -0.15) is 0 Å². The van der Waals surface area contributed by atoms with Crippen molar-refractivity contribution < 1.29 is 23.8 Å². The molecule has 0 saturated carbocycles. The van der Waals surface area contributed by atoms with E-state index in [2.05, 4.69) is 5.32 Å². The zero-order chi connectivity index (χ0) is 21.2. The van der Waals surface area contributed by atoms with E-state index in [1.54, 1.807) is 30.0 Å². The molecule has 2 amide bonds. The molecule has 1 heterocycles. The Morgan fingerprint density at radius 3 is 2.66 bits per heavy atom. The summed E-state index contributed by atoms with van der Waals surface area (Å²) in [6, 6.07) is 5.19. The van der Waals surface area contributed by atoms with Gasteiger partial charge in [0.15, 0.2) is 11.5 Å². The second-order valence-electron chi connectivity index (χ2n) is 7.25. The summed E-state index contributed by atoms with van der Waals surface area (Å²) in [5.74, 6) is 1.26. The average Bonchev–Trinajstić information content (AvgIpc) is 2.73. The lowest BCUT2D eigenvalue weighted by Crippen LogP contribution is -2.48. The number of carbonyl (C=O) groups is 2. The summed E-state index contributed by atoms with van der Waals surface area (Å²) < 4.78 is 16.5. The number of hydrogen-bond donors (Lipinski definition) is 1. The Bertz CT molecular complexity index is 679. The van der Waals surface area contributed by atoms with Crippen molar-refractivity contribution in [3.05, 3.63) is 23.8 Å². The van der Waals surface area contributed by atoms with E-state index in [0.717, 1.165) is 19.3 Å². The van der Waals surface area contributed by atoms with Crippen molar-refractivity contribution >= 4 is 12.0 Å². The highest BCUT2D eigenvalue weighted by molar-refractivity contribution is 5.95. The normalized spacial score (nSPS) is 17.4. The van der Waals surface area contributed by atoms with Crippen LogP contribution < -0.4 is 14.8 Å². The van der Waals surface area contributed by atoms with Crippen molar-refractivity contribution in [2.24, 2.45) is 5.92 Å². The van der Waals surface area contributed by atoms with Gasteiger partial charge in [-0.15, -0.1) is 0 Å². The number of rotatable bonds is 9. The van der Waals surface area contributed by atoms with E-state index in [-0.39, 0.29) is 24.0 Å². The Balaban J connectivity index is 2.01. The minimum atomic E-state index is -0.278. The smallest absolute Gasteiger partial charge is 0.409 e. The summed E-state index contributed by atoms with van der Waals surface area (Å²) in [6.45, 7) is 10.5. The number of piperidine rings is 1. The molecule has 0 spiro atoms. The van der Waals surface area contributed by atoms with Crippen molar-refractivity contribution in [2.75, 3.05) is 32.9 Å². The monoisotopic (exact) mass is 406 g/mol. The van der Waals surface area contributed by atoms with Gasteiger partial charge in [0.05, 0.1) is 19.8 Å². The third kappa shape index (κ3) is 6.54. The lowest BCUT2D eigenvalue weighted by molar-refractivity contribution is 0.0789. The highest BCUT2D eigenvalue weighted by Crippen LogP contribution is 2.29. The van der Waals surface area contributed by atoms with Crippen molar-refractivity contribution in [3.8, 4) is 11.5 Å². The second kappa shape index (κ2) is 11.5. The van der Waals surface area contributed by atoms with Gasteiger partial charge in [-0.3, -0.25) is 4.79 Å². The number of amides is 2. The van der Waals surface area contributed by atoms with Crippen LogP contribution in [0.5, 0.6) is 11.5 Å².